The number of hydrogen-bond donors (Lipinski definition) is 1. The van der Waals surface area contributed by atoms with Gasteiger partial charge in [0, 0.05) is 37.2 Å². The number of nitrogens with zero attached hydrogens (tertiary/aromatic N) is 3. The van der Waals surface area contributed by atoms with E-state index in [1.54, 1.807) is 4.90 Å². The molecule has 2 heterocycles. The summed E-state index contributed by atoms with van der Waals surface area (Å²) in [5.41, 5.74) is 2.98. The molecule has 0 saturated carbocycles. The summed E-state index contributed by atoms with van der Waals surface area (Å²) in [6.45, 7) is 13.9. The number of carbonyl (C=O) groups is 1. The summed E-state index contributed by atoms with van der Waals surface area (Å²) in [7, 11) is 0. The molecule has 1 fully saturated rings. The minimum Gasteiger partial charge on any atom is -0.444 e. The number of aliphatic hydroxyl groups excluding tert-OH is 1. The second-order valence-electron chi connectivity index (χ2n) is 8.90. The lowest BCUT2D eigenvalue weighted by molar-refractivity contribution is 0.00703. The van der Waals surface area contributed by atoms with Crippen LogP contribution >= 0.6 is 0 Å². The summed E-state index contributed by atoms with van der Waals surface area (Å²) >= 11 is 0. The maximum absolute atomic E-state index is 12.5. The van der Waals surface area contributed by atoms with Crippen LogP contribution in [0.25, 0.3) is 0 Å². The molecular formula is C22H37N3O3. The van der Waals surface area contributed by atoms with Crippen molar-refractivity contribution in [1.29, 1.82) is 0 Å². The van der Waals surface area contributed by atoms with Crippen LogP contribution < -0.4 is 4.90 Å². The Bertz CT molecular complexity index is 657. The number of ether oxygens (including phenoxy) is 1. The van der Waals surface area contributed by atoms with Crippen LogP contribution in [-0.2, 0) is 11.2 Å². The Balaban J connectivity index is 2.16. The Morgan fingerprint density at radius 1 is 1.39 bits per heavy atom. The zero-order valence-corrected chi connectivity index (χ0v) is 18.4. The number of piperazine rings is 1. The van der Waals surface area contributed by atoms with Gasteiger partial charge in [-0.1, -0.05) is 20.3 Å². The Labute approximate surface area is 169 Å². The number of hydrogen-bond acceptors (Lipinski definition) is 5. The molecule has 0 aliphatic carbocycles. The molecule has 0 spiro atoms. The molecular weight excluding hydrogens is 354 g/mol. The van der Waals surface area contributed by atoms with Gasteiger partial charge in [0.15, 0.2) is 0 Å². The van der Waals surface area contributed by atoms with Crippen LogP contribution in [0.5, 0.6) is 0 Å². The molecule has 6 heteroatoms. The van der Waals surface area contributed by atoms with Crippen LogP contribution in [-0.4, -0.2) is 59.0 Å². The molecule has 0 bridgehead atoms. The third-order valence-corrected chi connectivity index (χ3v) is 5.49. The van der Waals surface area contributed by atoms with Gasteiger partial charge in [0.1, 0.15) is 5.60 Å². The monoisotopic (exact) mass is 391 g/mol. The summed E-state index contributed by atoms with van der Waals surface area (Å²) in [6.07, 6.45) is 4.81. The summed E-state index contributed by atoms with van der Waals surface area (Å²) in [5.74, 6) is 0.682. The van der Waals surface area contributed by atoms with Gasteiger partial charge >= 0.3 is 6.09 Å². The minimum atomic E-state index is -0.542. The smallest absolute Gasteiger partial charge is 0.410 e. The number of carbonyl (C=O) groups excluding carboxylic acids is 1. The average Bonchev–Trinajstić information content (AvgIpc) is 2.64. The summed E-state index contributed by atoms with van der Waals surface area (Å²) in [4.78, 5) is 21.0. The quantitative estimate of drug-likeness (QED) is 0.799. The number of aliphatic hydroxyl groups is 1. The van der Waals surface area contributed by atoms with E-state index >= 15 is 0 Å². The van der Waals surface area contributed by atoms with E-state index in [0.717, 1.165) is 25.1 Å². The molecule has 1 unspecified atom stereocenters. The lowest BCUT2D eigenvalue weighted by Gasteiger charge is -2.42. The van der Waals surface area contributed by atoms with E-state index in [-0.39, 0.29) is 18.7 Å². The molecule has 1 aromatic rings. The van der Waals surface area contributed by atoms with Gasteiger partial charge in [0.05, 0.1) is 12.6 Å². The number of aryl methyl sites for hydroxylation is 1. The van der Waals surface area contributed by atoms with Crippen molar-refractivity contribution in [3.05, 3.63) is 23.5 Å². The topological polar surface area (TPSA) is 65.9 Å². The third-order valence-electron chi connectivity index (χ3n) is 5.49. The van der Waals surface area contributed by atoms with Gasteiger partial charge < -0.3 is 14.7 Å². The van der Waals surface area contributed by atoms with Crippen LogP contribution in [0, 0.1) is 12.8 Å². The molecule has 1 saturated heterocycles. The Morgan fingerprint density at radius 2 is 2.11 bits per heavy atom. The second kappa shape index (κ2) is 9.59. The Kier molecular flexibility index (Phi) is 7.70. The first kappa shape index (κ1) is 22.5. The van der Waals surface area contributed by atoms with Crippen LogP contribution in [0.1, 0.15) is 58.7 Å². The number of rotatable bonds is 6. The Morgan fingerprint density at radius 3 is 2.71 bits per heavy atom. The van der Waals surface area contributed by atoms with Gasteiger partial charge in [-0.05, 0) is 58.1 Å². The molecule has 1 aliphatic rings. The fourth-order valence-corrected chi connectivity index (χ4v) is 3.57. The zero-order chi connectivity index (χ0) is 20.9. The van der Waals surface area contributed by atoms with E-state index in [9.17, 15) is 9.90 Å². The van der Waals surface area contributed by atoms with Gasteiger partial charge in [0.2, 0.25) is 0 Å². The molecule has 0 radical (unpaired) electrons. The predicted molar refractivity (Wildman–Crippen MR) is 113 cm³/mol. The van der Waals surface area contributed by atoms with Gasteiger partial charge in [0.25, 0.3) is 0 Å². The molecule has 2 rings (SSSR count). The average molecular weight is 392 g/mol. The maximum atomic E-state index is 12.5. The van der Waals surface area contributed by atoms with E-state index < -0.39 is 5.60 Å². The van der Waals surface area contributed by atoms with Crippen molar-refractivity contribution in [2.45, 2.75) is 72.4 Å². The van der Waals surface area contributed by atoms with Crippen molar-refractivity contribution in [3.8, 4) is 0 Å². The van der Waals surface area contributed by atoms with Crippen molar-refractivity contribution in [2.75, 3.05) is 31.1 Å². The van der Waals surface area contributed by atoms with Gasteiger partial charge in [-0.25, -0.2) is 4.79 Å². The highest BCUT2D eigenvalue weighted by molar-refractivity contribution is 5.69. The first-order chi connectivity index (χ1) is 13.2. The minimum absolute atomic E-state index is 0.0813. The second-order valence-corrected chi connectivity index (χ2v) is 8.90. The number of anilines is 1. The van der Waals surface area contributed by atoms with Crippen LogP contribution in [0.15, 0.2) is 12.3 Å². The van der Waals surface area contributed by atoms with Gasteiger partial charge in [-0.3, -0.25) is 9.88 Å². The molecule has 158 valence electrons. The van der Waals surface area contributed by atoms with Crippen molar-refractivity contribution >= 4 is 11.8 Å². The van der Waals surface area contributed by atoms with E-state index in [1.165, 1.54) is 17.7 Å². The highest BCUT2D eigenvalue weighted by Gasteiger charge is 2.33. The highest BCUT2D eigenvalue weighted by Crippen LogP contribution is 2.28. The third kappa shape index (κ3) is 5.84. The van der Waals surface area contributed by atoms with Crippen LogP contribution in [0.4, 0.5) is 10.5 Å². The van der Waals surface area contributed by atoms with E-state index in [2.05, 4.69) is 36.7 Å². The normalized spacial score (nSPS) is 18.9. The maximum Gasteiger partial charge on any atom is 0.410 e. The van der Waals surface area contributed by atoms with Gasteiger partial charge in [-0.2, -0.15) is 0 Å². The first-order valence-electron chi connectivity index (χ1n) is 10.5. The van der Waals surface area contributed by atoms with Gasteiger partial charge in [-0.15, -0.1) is 0 Å². The Hall–Kier alpha value is -1.82. The number of aromatic nitrogens is 1. The lowest BCUT2D eigenvalue weighted by Crippen LogP contribution is -2.57. The van der Waals surface area contributed by atoms with E-state index in [4.69, 9.17) is 4.74 Å². The van der Waals surface area contributed by atoms with Crippen molar-refractivity contribution in [3.63, 3.8) is 0 Å². The van der Waals surface area contributed by atoms with Crippen LogP contribution in [0.2, 0.25) is 0 Å². The summed E-state index contributed by atoms with van der Waals surface area (Å²) in [6, 6.07) is 1.79. The largest absolute Gasteiger partial charge is 0.444 e. The lowest BCUT2D eigenvalue weighted by atomic mass is 9.96. The molecule has 0 aromatic carbocycles. The highest BCUT2D eigenvalue weighted by atomic mass is 16.6. The molecule has 28 heavy (non-hydrogen) atoms. The SMILES string of the molecule is CCC(C)CCc1c(N2CCN(C(=O)OC(C)(C)C)[C@H](CO)C2)ccnc1C. The fraction of sp³-hybridized carbons (Fsp3) is 0.727. The van der Waals surface area contributed by atoms with Crippen molar-refractivity contribution < 1.29 is 14.6 Å². The van der Waals surface area contributed by atoms with E-state index in [0.29, 0.717) is 19.0 Å². The van der Waals surface area contributed by atoms with E-state index in [1.807, 2.05) is 27.0 Å². The fourth-order valence-electron chi connectivity index (χ4n) is 3.57. The first-order valence-corrected chi connectivity index (χ1v) is 10.5. The summed E-state index contributed by atoms with van der Waals surface area (Å²) < 4.78 is 5.52. The molecule has 6 nitrogen and oxygen atoms in total. The summed E-state index contributed by atoms with van der Waals surface area (Å²) in [5, 5.41) is 9.92. The molecule has 1 amide bonds. The molecule has 1 aromatic heterocycles. The van der Waals surface area contributed by atoms with Crippen molar-refractivity contribution in [1.82, 2.24) is 9.88 Å². The van der Waals surface area contributed by atoms with Crippen LogP contribution in [0.3, 0.4) is 0 Å². The molecule has 2 atom stereocenters. The standard InChI is InChI=1S/C22H37N3O3/c1-7-16(2)8-9-19-17(3)23-11-10-20(19)24-12-13-25(18(14-24)15-26)21(27)28-22(4,5)6/h10-11,16,18,26H,7-9,12-15H2,1-6H3/t16?,18-/m0/s1. The predicted octanol–water partition coefficient (Wildman–Crippen LogP) is 3.79. The molecule has 1 N–H and O–H groups in total. The van der Waals surface area contributed by atoms with Crippen molar-refractivity contribution in [2.24, 2.45) is 5.92 Å². The molecule has 1 aliphatic heterocycles. The number of amides is 1. The number of pyridine rings is 1. The zero-order valence-electron chi connectivity index (χ0n) is 18.4.